The van der Waals surface area contributed by atoms with Crippen LogP contribution in [0.15, 0.2) is 22.7 Å². The van der Waals surface area contributed by atoms with Crippen LogP contribution in [0, 0.1) is 5.41 Å². The third kappa shape index (κ3) is 3.28. The zero-order valence-electron chi connectivity index (χ0n) is 10.7. The lowest BCUT2D eigenvalue weighted by molar-refractivity contribution is 0.0784. The number of aliphatic hydroxyl groups is 1. The van der Waals surface area contributed by atoms with Crippen molar-refractivity contribution in [2.45, 2.75) is 32.3 Å². The Hall–Kier alpha value is -0.0600. The molecule has 0 aromatic heterocycles. The van der Waals surface area contributed by atoms with Crippen LogP contribution in [0.5, 0.6) is 5.75 Å². The fourth-order valence-electron chi connectivity index (χ4n) is 1.72. The summed E-state index contributed by atoms with van der Waals surface area (Å²) in [7, 11) is 0. The molecule has 18 heavy (non-hydrogen) atoms. The van der Waals surface area contributed by atoms with Crippen LogP contribution >= 0.6 is 31.9 Å². The van der Waals surface area contributed by atoms with E-state index in [-0.39, 0.29) is 0 Å². The molecule has 0 unspecified atom stereocenters. The van der Waals surface area contributed by atoms with Crippen LogP contribution in [0.1, 0.15) is 32.3 Å². The van der Waals surface area contributed by atoms with E-state index in [1.54, 1.807) is 13.8 Å². The fraction of sp³-hybridized carbons (Fsp3) is 0.571. The monoisotopic (exact) mass is 376 g/mol. The first-order valence-electron chi connectivity index (χ1n) is 6.07. The van der Waals surface area contributed by atoms with Crippen LogP contribution in [0.25, 0.3) is 0 Å². The topological polar surface area (TPSA) is 29.5 Å². The molecule has 1 aliphatic rings. The maximum absolute atomic E-state index is 9.94. The zero-order chi connectivity index (χ0) is 13.4. The largest absolute Gasteiger partial charge is 0.492 e. The molecule has 1 aromatic carbocycles. The summed E-state index contributed by atoms with van der Waals surface area (Å²) in [4.78, 5) is 0. The lowest BCUT2D eigenvalue weighted by Crippen LogP contribution is -2.16. The van der Waals surface area contributed by atoms with Crippen LogP contribution in [-0.2, 0) is 5.60 Å². The van der Waals surface area contributed by atoms with Crippen LogP contribution in [0.2, 0.25) is 0 Å². The number of benzene rings is 1. The van der Waals surface area contributed by atoms with Gasteiger partial charge in [-0.2, -0.15) is 0 Å². The number of rotatable bonds is 5. The number of alkyl halides is 1. The molecule has 2 nitrogen and oxygen atoms in total. The Morgan fingerprint density at radius 1 is 1.39 bits per heavy atom. The summed E-state index contributed by atoms with van der Waals surface area (Å²) in [5.41, 5.74) is 0.395. The van der Waals surface area contributed by atoms with Gasteiger partial charge in [0.15, 0.2) is 0 Å². The van der Waals surface area contributed by atoms with Crippen molar-refractivity contribution in [1.29, 1.82) is 0 Å². The van der Waals surface area contributed by atoms with Crippen LogP contribution < -0.4 is 4.74 Å². The van der Waals surface area contributed by atoms with Crippen molar-refractivity contribution in [3.8, 4) is 5.75 Å². The minimum absolute atomic E-state index is 0.342. The molecule has 0 heterocycles. The molecule has 0 saturated heterocycles. The molecule has 1 N–H and O–H groups in total. The van der Waals surface area contributed by atoms with Crippen molar-refractivity contribution < 1.29 is 9.84 Å². The first kappa shape index (κ1) is 14.4. The van der Waals surface area contributed by atoms with Crippen molar-refractivity contribution in [1.82, 2.24) is 0 Å². The average molecular weight is 378 g/mol. The molecule has 0 amide bonds. The Morgan fingerprint density at radius 3 is 2.50 bits per heavy atom. The Morgan fingerprint density at radius 2 is 2.06 bits per heavy atom. The second-order valence-corrected chi connectivity index (χ2v) is 7.04. The van der Waals surface area contributed by atoms with Gasteiger partial charge in [0, 0.05) is 10.7 Å². The highest BCUT2D eigenvalue weighted by Crippen LogP contribution is 2.47. The SMILES string of the molecule is CC(C)(O)c1ccc(OCC2(CBr)CC2)c(Br)c1. The molecule has 1 aromatic rings. The summed E-state index contributed by atoms with van der Waals surface area (Å²) in [6.07, 6.45) is 2.47. The van der Waals surface area contributed by atoms with Gasteiger partial charge in [-0.3, -0.25) is 0 Å². The minimum Gasteiger partial charge on any atom is -0.492 e. The van der Waals surface area contributed by atoms with Gasteiger partial charge in [-0.15, -0.1) is 0 Å². The predicted octanol–water partition coefficient (Wildman–Crippen LogP) is 4.23. The number of halogens is 2. The van der Waals surface area contributed by atoms with E-state index in [9.17, 15) is 5.11 Å². The molecule has 100 valence electrons. The zero-order valence-corrected chi connectivity index (χ0v) is 13.8. The number of hydrogen-bond donors (Lipinski definition) is 1. The molecule has 1 fully saturated rings. The lowest BCUT2D eigenvalue weighted by Gasteiger charge is -2.20. The quantitative estimate of drug-likeness (QED) is 0.778. The predicted molar refractivity (Wildman–Crippen MR) is 80.3 cm³/mol. The Kier molecular flexibility index (Phi) is 4.10. The summed E-state index contributed by atoms with van der Waals surface area (Å²) in [5, 5.41) is 10.9. The van der Waals surface area contributed by atoms with E-state index in [4.69, 9.17) is 4.74 Å². The molecule has 0 atom stereocenters. The van der Waals surface area contributed by atoms with Crippen molar-refractivity contribution in [2.24, 2.45) is 5.41 Å². The van der Waals surface area contributed by atoms with Gasteiger partial charge in [-0.1, -0.05) is 22.0 Å². The summed E-state index contributed by atoms with van der Waals surface area (Å²) >= 11 is 7.04. The summed E-state index contributed by atoms with van der Waals surface area (Å²) in [6.45, 7) is 4.30. The molecule has 1 saturated carbocycles. The van der Waals surface area contributed by atoms with Crippen molar-refractivity contribution in [3.63, 3.8) is 0 Å². The van der Waals surface area contributed by atoms with Crippen molar-refractivity contribution in [3.05, 3.63) is 28.2 Å². The summed E-state index contributed by atoms with van der Waals surface area (Å²) < 4.78 is 6.76. The molecular formula is C14H18Br2O2. The molecule has 4 heteroatoms. The lowest BCUT2D eigenvalue weighted by atomic mass is 9.99. The van der Waals surface area contributed by atoms with Crippen LogP contribution in [0.3, 0.4) is 0 Å². The van der Waals surface area contributed by atoms with Crippen molar-refractivity contribution >= 4 is 31.9 Å². The Bertz CT molecular complexity index is 434. The molecule has 0 spiro atoms. The molecule has 1 aliphatic carbocycles. The van der Waals surface area contributed by atoms with Gasteiger partial charge in [-0.25, -0.2) is 0 Å². The van der Waals surface area contributed by atoms with E-state index in [0.717, 1.165) is 27.7 Å². The molecule has 0 bridgehead atoms. The van der Waals surface area contributed by atoms with Crippen LogP contribution in [-0.4, -0.2) is 17.0 Å². The maximum Gasteiger partial charge on any atom is 0.133 e. The average Bonchev–Trinajstić information content (AvgIpc) is 3.07. The van der Waals surface area contributed by atoms with E-state index >= 15 is 0 Å². The van der Waals surface area contributed by atoms with Gasteiger partial charge < -0.3 is 9.84 Å². The van der Waals surface area contributed by atoms with E-state index < -0.39 is 5.60 Å². The molecular weight excluding hydrogens is 360 g/mol. The minimum atomic E-state index is -0.825. The Balaban J connectivity index is 2.06. The van der Waals surface area contributed by atoms with Gasteiger partial charge in [0.05, 0.1) is 16.7 Å². The highest BCUT2D eigenvalue weighted by atomic mass is 79.9. The van der Waals surface area contributed by atoms with Gasteiger partial charge in [-0.05, 0) is 60.3 Å². The third-order valence-electron chi connectivity index (χ3n) is 3.41. The number of hydrogen-bond acceptors (Lipinski definition) is 2. The second-order valence-electron chi connectivity index (χ2n) is 5.63. The highest BCUT2D eigenvalue weighted by molar-refractivity contribution is 9.10. The van der Waals surface area contributed by atoms with Gasteiger partial charge >= 0.3 is 0 Å². The summed E-state index contributed by atoms with van der Waals surface area (Å²) in [5.74, 6) is 0.843. The third-order valence-corrected chi connectivity index (χ3v) is 5.22. The van der Waals surface area contributed by atoms with Gasteiger partial charge in [0.25, 0.3) is 0 Å². The highest BCUT2D eigenvalue weighted by Gasteiger charge is 2.42. The fourth-order valence-corrected chi connectivity index (χ4v) is 2.94. The first-order chi connectivity index (χ1) is 8.36. The normalized spacial score (nSPS) is 17.6. The van der Waals surface area contributed by atoms with E-state index in [1.165, 1.54) is 12.8 Å². The standard InChI is InChI=1S/C14H18Br2O2/c1-13(2,17)10-3-4-12(11(16)7-10)18-9-14(8-15)5-6-14/h3-4,7,17H,5-6,8-9H2,1-2H3. The molecule has 2 rings (SSSR count). The summed E-state index contributed by atoms with van der Waals surface area (Å²) in [6, 6.07) is 5.75. The Labute approximate surface area is 125 Å². The smallest absolute Gasteiger partial charge is 0.133 e. The van der Waals surface area contributed by atoms with E-state index in [0.29, 0.717) is 5.41 Å². The van der Waals surface area contributed by atoms with Crippen molar-refractivity contribution in [2.75, 3.05) is 11.9 Å². The van der Waals surface area contributed by atoms with Gasteiger partial charge in [0.1, 0.15) is 5.75 Å². The second kappa shape index (κ2) is 5.14. The van der Waals surface area contributed by atoms with Gasteiger partial charge in [0.2, 0.25) is 0 Å². The van der Waals surface area contributed by atoms with E-state index in [2.05, 4.69) is 31.9 Å². The maximum atomic E-state index is 9.94. The molecule has 0 radical (unpaired) electrons. The van der Waals surface area contributed by atoms with E-state index in [1.807, 2.05) is 18.2 Å². The first-order valence-corrected chi connectivity index (χ1v) is 7.99. The molecule has 0 aliphatic heterocycles. The van der Waals surface area contributed by atoms with Crippen LogP contribution in [0.4, 0.5) is 0 Å². The number of ether oxygens (including phenoxy) is 1.